The van der Waals surface area contributed by atoms with Crippen LogP contribution < -0.4 is 5.32 Å². The number of aryl methyl sites for hydroxylation is 1. The van der Waals surface area contributed by atoms with E-state index in [0.717, 1.165) is 19.5 Å². The summed E-state index contributed by atoms with van der Waals surface area (Å²) < 4.78 is 0. The van der Waals surface area contributed by atoms with Crippen molar-refractivity contribution in [2.24, 2.45) is 5.41 Å². The highest BCUT2D eigenvalue weighted by Crippen LogP contribution is 2.18. The van der Waals surface area contributed by atoms with Crippen molar-refractivity contribution in [1.29, 1.82) is 0 Å². The van der Waals surface area contributed by atoms with Gasteiger partial charge in [-0.2, -0.15) is 0 Å². The first-order chi connectivity index (χ1) is 7.61. The minimum absolute atomic E-state index is 0.0130. The van der Waals surface area contributed by atoms with Gasteiger partial charge in [-0.1, -0.05) is 13.8 Å². The van der Waals surface area contributed by atoms with Gasteiger partial charge >= 0.3 is 0 Å². The van der Waals surface area contributed by atoms with E-state index in [0.29, 0.717) is 0 Å². The van der Waals surface area contributed by atoms with Crippen LogP contribution in [0.3, 0.4) is 0 Å². The second-order valence-corrected chi connectivity index (χ2v) is 4.73. The molecule has 1 unspecified atom stereocenters. The van der Waals surface area contributed by atoms with Gasteiger partial charge in [0.15, 0.2) is 0 Å². The van der Waals surface area contributed by atoms with Crippen LogP contribution in [0.15, 0.2) is 18.5 Å². The summed E-state index contributed by atoms with van der Waals surface area (Å²) in [5.41, 5.74) is 2.46. The van der Waals surface area contributed by atoms with E-state index in [1.54, 1.807) is 0 Å². The van der Waals surface area contributed by atoms with Crippen molar-refractivity contribution < 1.29 is 5.11 Å². The number of nitrogens with zero attached hydrogens (tertiary/aromatic N) is 1. The van der Waals surface area contributed by atoms with Crippen LogP contribution in [0.2, 0.25) is 0 Å². The lowest BCUT2D eigenvalue weighted by molar-refractivity contribution is 0.135. The fraction of sp³-hybridized carbons (Fsp3) is 0.615. The van der Waals surface area contributed by atoms with E-state index >= 15 is 0 Å². The van der Waals surface area contributed by atoms with Crippen LogP contribution >= 0.6 is 0 Å². The monoisotopic (exact) mass is 222 g/mol. The van der Waals surface area contributed by atoms with Crippen LogP contribution in [-0.2, 0) is 6.54 Å². The Morgan fingerprint density at radius 2 is 2.25 bits per heavy atom. The van der Waals surface area contributed by atoms with Gasteiger partial charge in [0.25, 0.3) is 0 Å². The van der Waals surface area contributed by atoms with Crippen LogP contribution in [0, 0.1) is 12.3 Å². The number of hydrogen-bond donors (Lipinski definition) is 2. The molecule has 0 aliphatic carbocycles. The molecule has 0 saturated heterocycles. The molecule has 0 aliphatic rings. The quantitative estimate of drug-likeness (QED) is 0.772. The lowest BCUT2D eigenvalue weighted by Crippen LogP contribution is -2.34. The van der Waals surface area contributed by atoms with E-state index in [1.165, 1.54) is 11.1 Å². The molecule has 1 aromatic rings. The zero-order valence-corrected chi connectivity index (χ0v) is 10.5. The average Bonchev–Trinajstić information content (AvgIpc) is 2.31. The Kier molecular flexibility index (Phi) is 4.90. The van der Waals surface area contributed by atoms with Gasteiger partial charge in [0.1, 0.15) is 0 Å². The highest BCUT2D eigenvalue weighted by molar-refractivity contribution is 5.21. The molecule has 2 N–H and O–H groups in total. The SMILES string of the molecule is CCC(C)(CO)CNCc1ccncc1C. The summed E-state index contributed by atoms with van der Waals surface area (Å²) >= 11 is 0. The summed E-state index contributed by atoms with van der Waals surface area (Å²) in [5, 5.41) is 12.7. The van der Waals surface area contributed by atoms with E-state index in [1.807, 2.05) is 18.5 Å². The molecule has 3 nitrogen and oxygen atoms in total. The molecular formula is C13H22N2O. The molecule has 1 atom stereocenters. The van der Waals surface area contributed by atoms with Crippen LogP contribution in [0.4, 0.5) is 0 Å². The maximum Gasteiger partial charge on any atom is 0.0496 e. The molecule has 3 heteroatoms. The van der Waals surface area contributed by atoms with E-state index in [9.17, 15) is 5.11 Å². The van der Waals surface area contributed by atoms with Gasteiger partial charge in [0.2, 0.25) is 0 Å². The van der Waals surface area contributed by atoms with E-state index in [4.69, 9.17) is 0 Å². The van der Waals surface area contributed by atoms with Crippen LogP contribution in [0.25, 0.3) is 0 Å². The highest BCUT2D eigenvalue weighted by atomic mass is 16.3. The molecule has 1 heterocycles. The molecule has 0 amide bonds. The maximum atomic E-state index is 9.29. The van der Waals surface area contributed by atoms with Gasteiger partial charge in [-0.3, -0.25) is 4.98 Å². The fourth-order valence-corrected chi connectivity index (χ4v) is 1.49. The Bertz CT molecular complexity index is 321. The molecule has 0 aliphatic heterocycles. The first-order valence-corrected chi connectivity index (χ1v) is 5.82. The number of aromatic nitrogens is 1. The van der Waals surface area contributed by atoms with Gasteiger partial charge in [0.05, 0.1) is 0 Å². The summed E-state index contributed by atoms with van der Waals surface area (Å²) in [5.74, 6) is 0. The van der Waals surface area contributed by atoms with Crippen LogP contribution in [-0.4, -0.2) is 23.2 Å². The van der Waals surface area contributed by atoms with Gasteiger partial charge in [-0.25, -0.2) is 0 Å². The third kappa shape index (κ3) is 3.58. The Morgan fingerprint density at radius 1 is 1.50 bits per heavy atom. The second kappa shape index (κ2) is 5.97. The minimum Gasteiger partial charge on any atom is -0.396 e. The molecule has 0 aromatic carbocycles. The van der Waals surface area contributed by atoms with Crippen molar-refractivity contribution in [3.63, 3.8) is 0 Å². The molecule has 0 radical (unpaired) electrons. The minimum atomic E-state index is -0.0130. The number of aliphatic hydroxyl groups is 1. The number of nitrogens with one attached hydrogen (secondary N) is 1. The molecule has 0 spiro atoms. The molecular weight excluding hydrogens is 200 g/mol. The normalized spacial score (nSPS) is 14.8. The lowest BCUT2D eigenvalue weighted by Gasteiger charge is -2.26. The zero-order valence-electron chi connectivity index (χ0n) is 10.5. The zero-order chi connectivity index (χ0) is 12.0. The maximum absolute atomic E-state index is 9.29. The summed E-state index contributed by atoms with van der Waals surface area (Å²) in [6.45, 7) is 8.17. The molecule has 16 heavy (non-hydrogen) atoms. The second-order valence-electron chi connectivity index (χ2n) is 4.73. The molecule has 90 valence electrons. The van der Waals surface area contributed by atoms with Crippen LogP contribution in [0.1, 0.15) is 31.4 Å². The van der Waals surface area contributed by atoms with Crippen molar-refractivity contribution in [2.75, 3.05) is 13.2 Å². The van der Waals surface area contributed by atoms with Crippen LogP contribution in [0.5, 0.6) is 0 Å². The van der Waals surface area contributed by atoms with Crippen molar-refractivity contribution in [3.8, 4) is 0 Å². The first-order valence-electron chi connectivity index (χ1n) is 5.82. The fourth-order valence-electron chi connectivity index (χ4n) is 1.49. The Morgan fingerprint density at radius 3 is 2.81 bits per heavy atom. The molecule has 0 fully saturated rings. The smallest absolute Gasteiger partial charge is 0.0496 e. The molecule has 0 saturated carbocycles. The van der Waals surface area contributed by atoms with E-state index in [2.05, 4.69) is 31.1 Å². The number of aliphatic hydroxyl groups excluding tert-OH is 1. The third-order valence-corrected chi connectivity index (χ3v) is 3.24. The predicted octanol–water partition coefficient (Wildman–Crippen LogP) is 1.89. The number of rotatable bonds is 6. The Balaban J connectivity index is 2.44. The van der Waals surface area contributed by atoms with Gasteiger partial charge in [0, 0.05) is 37.5 Å². The molecule has 0 bridgehead atoms. The standard InChI is InChI=1S/C13H22N2O/c1-4-13(3,10-16)9-15-8-12-5-6-14-7-11(12)2/h5-7,15-16H,4,8-10H2,1-3H3. The predicted molar refractivity (Wildman–Crippen MR) is 66.2 cm³/mol. The molecule has 1 rings (SSSR count). The van der Waals surface area contributed by atoms with Crippen molar-refractivity contribution in [2.45, 2.75) is 33.7 Å². The summed E-state index contributed by atoms with van der Waals surface area (Å²) in [7, 11) is 0. The highest BCUT2D eigenvalue weighted by Gasteiger charge is 2.20. The van der Waals surface area contributed by atoms with Gasteiger partial charge in [-0.15, -0.1) is 0 Å². The van der Waals surface area contributed by atoms with Crippen molar-refractivity contribution in [1.82, 2.24) is 10.3 Å². The topological polar surface area (TPSA) is 45.1 Å². The van der Waals surface area contributed by atoms with E-state index < -0.39 is 0 Å². The molecule has 1 aromatic heterocycles. The van der Waals surface area contributed by atoms with Crippen molar-refractivity contribution >= 4 is 0 Å². The number of hydrogen-bond acceptors (Lipinski definition) is 3. The Labute approximate surface area is 97.9 Å². The van der Waals surface area contributed by atoms with Gasteiger partial charge < -0.3 is 10.4 Å². The first kappa shape index (κ1) is 13.1. The average molecular weight is 222 g/mol. The lowest BCUT2D eigenvalue weighted by atomic mass is 9.88. The summed E-state index contributed by atoms with van der Waals surface area (Å²) in [4.78, 5) is 4.07. The van der Waals surface area contributed by atoms with E-state index in [-0.39, 0.29) is 12.0 Å². The summed E-state index contributed by atoms with van der Waals surface area (Å²) in [6, 6.07) is 2.03. The number of pyridine rings is 1. The van der Waals surface area contributed by atoms with Gasteiger partial charge in [-0.05, 0) is 30.5 Å². The summed E-state index contributed by atoms with van der Waals surface area (Å²) in [6.07, 6.45) is 4.67. The third-order valence-electron chi connectivity index (χ3n) is 3.24. The Hall–Kier alpha value is -0.930. The van der Waals surface area contributed by atoms with Crippen molar-refractivity contribution in [3.05, 3.63) is 29.6 Å². The largest absolute Gasteiger partial charge is 0.396 e.